The molecule has 0 radical (unpaired) electrons. The fourth-order valence-electron chi connectivity index (χ4n) is 4.99. The first-order valence-electron chi connectivity index (χ1n) is 12.2. The first-order valence-corrected chi connectivity index (χ1v) is 13.4. The highest BCUT2D eigenvalue weighted by molar-refractivity contribution is 7.22. The molecule has 4 aromatic rings. The van der Waals surface area contributed by atoms with Gasteiger partial charge in [0.1, 0.15) is 11.3 Å². The lowest BCUT2D eigenvalue weighted by Gasteiger charge is -2.43. The van der Waals surface area contributed by atoms with Gasteiger partial charge in [0.05, 0.1) is 28.3 Å². The summed E-state index contributed by atoms with van der Waals surface area (Å²) >= 11 is 8.00. The number of hydrogen-bond acceptors (Lipinski definition) is 9. The first kappa shape index (κ1) is 25.4. The van der Waals surface area contributed by atoms with E-state index in [9.17, 15) is 8.78 Å². The zero-order valence-corrected chi connectivity index (χ0v) is 22.4. The standard InChI is InChI=1S/C25H26ClF3N8S/c1-35(2)13-9-37(10-13)24-33-21-15(22(34-24)36-7-6-31-11-25(28,29)12-36)8-16(26)18(19(21)27)14-4-3-5-17-20(14)32-23(30)38-17/h3-5,8,13,31H,6-7,9-12H2,1-2H3,(H2,30,32). The number of hydrogen-bond donors (Lipinski definition) is 2. The summed E-state index contributed by atoms with van der Waals surface area (Å²) in [6, 6.07) is 7.25. The van der Waals surface area contributed by atoms with Crippen molar-refractivity contribution in [1.29, 1.82) is 0 Å². The van der Waals surface area contributed by atoms with Gasteiger partial charge in [-0.2, -0.15) is 4.98 Å². The summed E-state index contributed by atoms with van der Waals surface area (Å²) in [5.41, 5.74) is 7.13. The normalized spacial score (nSPS) is 18.4. The van der Waals surface area contributed by atoms with Crippen LogP contribution in [-0.2, 0) is 0 Å². The van der Waals surface area contributed by atoms with E-state index in [0.29, 0.717) is 47.8 Å². The Bertz CT molecular complexity index is 1540. The number of anilines is 3. The van der Waals surface area contributed by atoms with Crippen LogP contribution >= 0.6 is 22.9 Å². The number of aromatic nitrogens is 3. The Balaban J connectivity index is 1.55. The fourth-order valence-corrected chi connectivity index (χ4v) is 6.05. The highest BCUT2D eigenvalue weighted by atomic mass is 35.5. The number of thiazole rings is 1. The second-order valence-electron chi connectivity index (χ2n) is 9.97. The number of para-hydroxylation sites is 1. The molecule has 200 valence electrons. The highest BCUT2D eigenvalue weighted by Gasteiger charge is 2.37. The van der Waals surface area contributed by atoms with Crippen LogP contribution < -0.4 is 20.9 Å². The quantitative estimate of drug-likeness (QED) is 0.385. The van der Waals surface area contributed by atoms with Gasteiger partial charge in [-0.15, -0.1) is 0 Å². The summed E-state index contributed by atoms with van der Waals surface area (Å²) in [4.78, 5) is 19.2. The molecule has 0 bridgehead atoms. The minimum Gasteiger partial charge on any atom is -0.375 e. The largest absolute Gasteiger partial charge is 0.375 e. The molecule has 2 saturated heterocycles. The molecule has 2 fully saturated rings. The topological polar surface area (TPSA) is 86.4 Å². The number of halogens is 4. The molecule has 0 saturated carbocycles. The van der Waals surface area contributed by atoms with E-state index in [-0.39, 0.29) is 33.9 Å². The van der Waals surface area contributed by atoms with Gasteiger partial charge in [0.2, 0.25) is 5.95 Å². The molecular weight excluding hydrogens is 537 g/mol. The van der Waals surface area contributed by atoms with Crippen molar-refractivity contribution in [2.24, 2.45) is 0 Å². The molecule has 38 heavy (non-hydrogen) atoms. The van der Waals surface area contributed by atoms with E-state index >= 15 is 4.39 Å². The molecular formula is C25H26ClF3N8S. The zero-order chi connectivity index (χ0) is 26.8. The van der Waals surface area contributed by atoms with Gasteiger partial charge < -0.3 is 25.8 Å². The predicted octanol–water partition coefficient (Wildman–Crippen LogP) is 4.08. The van der Waals surface area contributed by atoms with Crippen molar-refractivity contribution in [2.75, 3.05) is 68.9 Å². The van der Waals surface area contributed by atoms with E-state index in [1.165, 1.54) is 16.2 Å². The highest BCUT2D eigenvalue weighted by Crippen LogP contribution is 2.42. The lowest BCUT2D eigenvalue weighted by atomic mass is 10.0. The maximum atomic E-state index is 16.5. The summed E-state index contributed by atoms with van der Waals surface area (Å²) in [7, 11) is 3.97. The van der Waals surface area contributed by atoms with E-state index in [1.54, 1.807) is 18.2 Å². The van der Waals surface area contributed by atoms with Crippen LogP contribution in [0.2, 0.25) is 5.02 Å². The number of nitrogens with two attached hydrogens (primary N) is 1. The van der Waals surface area contributed by atoms with Crippen molar-refractivity contribution in [3.63, 3.8) is 0 Å². The number of benzene rings is 2. The van der Waals surface area contributed by atoms with Crippen molar-refractivity contribution >= 4 is 61.0 Å². The van der Waals surface area contributed by atoms with E-state index in [2.05, 4.69) is 20.2 Å². The van der Waals surface area contributed by atoms with Gasteiger partial charge in [-0.3, -0.25) is 0 Å². The van der Waals surface area contributed by atoms with E-state index < -0.39 is 24.8 Å². The number of rotatable bonds is 4. The zero-order valence-electron chi connectivity index (χ0n) is 20.8. The molecule has 6 rings (SSSR count). The number of nitrogens with zero attached hydrogens (tertiary/aromatic N) is 6. The Hall–Kier alpha value is -2.93. The van der Waals surface area contributed by atoms with Gasteiger partial charge >= 0.3 is 0 Å². The van der Waals surface area contributed by atoms with E-state index in [4.69, 9.17) is 22.3 Å². The average Bonchev–Trinajstić information content (AvgIpc) is 3.11. The first-order chi connectivity index (χ1) is 18.1. The summed E-state index contributed by atoms with van der Waals surface area (Å²) in [6.45, 7) is 0.925. The number of alkyl halides is 2. The van der Waals surface area contributed by atoms with Gasteiger partial charge in [-0.1, -0.05) is 35.1 Å². The molecule has 13 heteroatoms. The molecule has 0 amide bonds. The minimum absolute atomic E-state index is 0.0263. The Labute approximate surface area is 226 Å². The third-order valence-corrected chi connectivity index (χ3v) is 8.24. The molecule has 2 aliphatic heterocycles. The van der Waals surface area contributed by atoms with Crippen LogP contribution in [0.3, 0.4) is 0 Å². The average molecular weight is 563 g/mol. The van der Waals surface area contributed by atoms with Crippen molar-refractivity contribution < 1.29 is 13.2 Å². The number of likely N-dealkylation sites (N-methyl/N-ethyl adjacent to an activating group) is 1. The summed E-state index contributed by atoms with van der Waals surface area (Å²) < 4.78 is 46.4. The molecule has 2 aliphatic rings. The van der Waals surface area contributed by atoms with Crippen LogP contribution in [0.25, 0.3) is 32.2 Å². The Morgan fingerprint density at radius 2 is 1.95 bits per heavy atom. The molecule has 3 N–H and O–H groups in total. The Morgan fingerprint density at radius 3 is 2.71 bits per heavy atom. The van der Waals surface area contributed by atoms with Gasteiger partial charge in [0.15, 0.2) is 10.9 Å². The van der Waals surface area contributed by atoms with Crippen LogP contribution in [0.5, 0.6) is 0 Å². The molecule has 8 nitrogen and oxygen atoms in total. The number of nitrogen functional groups attached to an aromatic ring is 1. The summed E-state index contributed by atoms with van der Waals surface area (Å²) in [6.07, 6.45) is 0. The molecule has 4 heterocycles. The van der Waals surface area contributed by atoms with Crippen molar-refractivity contribution in [3.05, 3.63) is 35.1 Å². The summed E-state index contributed by atoms with van der Waals surface area (Å²) in [5.74, 6) is -3.09. The third-order valence-electron chi connectivity index (χ3n) is 7.10. The molecule has 2 aromatic carbocycles. The minimum atomic E-state index is -2.98. The molecule has 0 aliphatic carbocycles. The van der Waals surface area contributed by atoms with Crippen LogP contribution in [-0.4, -0.2) is 85.2 Å². The van der Waals surface area contributed by atoms with Crippen molar-refractivity contribution in [2.45, 2.75) is 12.0 Å². The van der Waals surface area contributed by atoms with Crippen LogP contribution in [0.1, 0.15) is 0 Å². The second-order valence-corrected chi connectivity index (χ2v) is 11.4. The van der Waals surface area contributed by atoms with Crippen LogP contribution in [0.4, 0.5) is 30.1 Å². The fraction of sp³-hybridized carbons (Fsp3) is 0.400. The molecule has 0 unspecified atom stereocenters. The van der Waals surface area contributed by atoms with Gasteiger partial charge in [0.25, 0.3) is 5.92 Å². The SMILES string of the molecule is CN(C)C1CN(c2nc(N3CCNCC(F)(F)C3)c3cc(Cl)c(-c4cccc5sc(N)nc45)c(F)c3n2)C1. The second kappa shape index (κ2) is 9.37. The lowest BCUT2D eigenvalue weighted by Crippen LogP contribution is -2.58. The van der Waals surface area contributed by atoms with E-state index in [1.807, 2.05) is 25.1 Å². The summed E-state index contributed by atoms with van der Waals surface area (Å²) in [5, 5.41) is 3.53. The monoisotopic (exact) mass is 562 g/mol. The molecule has 0 spiro atoms. The van der Waals surface area contributed by atoms with Crippen LogP contribution in [0.15, 0.2) is 24.3 Å². The van der Waals surface area contributed by atoms with Gasteiger partial charge in [-0.05, 0) is 26.2 Å². The number of nitrogens with one attached hydrogen (secondary N) is 1. The predicted molar refractivity (Wildman–Crippen MR) is 147 cm³/mol. The Morgan fingerprint density at radius 1 is 1.16 bits per heavy atom. The van der Waals surface area contributed by atoms with Gasteiger partial charge in [0, 0.05) is 48.7 Å². The maximum Gasteiger partial charge on any atom is 0.277 e. The molecule has 0 atom stereocenters. The molecule has 2 aromatic heterocycles. The lowest BCUT2D eigenvalue weighted by molar-refractivity contribution is 0.0156. The Kier molecular flexibility index (Phi) is 6.25. The smallest absolute Gasteiger partial charge is 0.277 e. The maximum absolute atomic E-state index is 16.5. The van der Waals surface area contributed by atoms with Crippen molar-refractivity contribution in [3.8, 4) is 11.1 Å². The van der Waals surface area contributed by atoms with E-state index in [0.717, 1.165) is 4.70 Å². The third kappa shape index (κ3) is 4.39. The van der Waals surface area contributed by atoms with Crippen LogP contribution in [0, 0.1) is 5.82 Å². The van der Waals surface area contributed by atoms with Crippen molar-refractivity contribution in [1.82, 2.24) is 25.2 Å². The number of fused-ring (bicyclic) bond motifs is 2. The van der Waals surface area contributed by atoms with Gasteiger partial charge in [-0.25, -0.2) is 23.1 Å².